The Kier molecular flexibility index (Phi) is 4.57. The van der Waals surface area contributed by atoms with Crippen molar-refractivity contribution >= 4 is 17.4 Å². The van der Waals surface area contributed by atoms with Gasteiger partial charge in [-0.25, -0.2) is 0 Å². The summed E-state index contributed by atoms with van der Waals surface area (Å²) < 4.78 is 10.9. The van der Waals surface area contributed by atoms with Crippen LogP contribution in [0.2, 0.25) is 0 Å². The molecule has 2 N–H and O–H groups in total. The van der Waals surface area contributed by atoms with Gasteiger partial charge in [-0.05, 0) is 38.0 Å². The lowest BCUT2D eigenvalue weighted by molar-refractivity contribution is 0.100. The molecule has 4 heteroatoms. The summed E-state index contributed by atoms with van der Waals surface area (Å²) in [6, 6.07) is 5.89. The molecule has 1 saturated heterocycles. The van der Waals surface area contributed by atoms with E-state index in [9.17, 15) is 0 Å². The minimum atomic E-state index is 0.614. The van der Waals surface area contributed by atoms with Gasteiger partial charge in [-0.15, -0.1) is 11.8 Å². The van der Waals surface area contributed by atoms with Crippen LogP contribution in [-0.2, 0) is 4.74 Å². The first-order valence-electron chi connectivity index (χ1n) is 6.06. The van der Waals surface area contributed by atoms with Crippen LogP contribution in [0.3, 0.4) is 0 Å². The first kappa shape index (κ1) is 12.6. The summed E-state index contributed by atoms with van der Waals surface area (Å²) in [7, 11) is 0. The number of nitrogen functional groups attached to an aromatic ring is 1. The molecular weight excluding hydrogens is 234 g/mol. The van der Waals surface area contributed by atoms with Crippen molar-refractivity contribution in [2.75, 3.05) is 25.6 Å². The van der Waals surface area contributed by atoms with Crippen molar-refractivity contribution in [2.24, 2.45) is 0 Å². The third-order valence-corrected chi connectivity index (χ3v) is 4.17. The summed E-state index contributed by atoms with van der Waals surface area (Å²) in [5, 5.41) is 0.614. The maximum Gasteiger partial charge on any atom is 0.120 e. The van der Waals surface area contributed by atoms with Crippen molar-refractivity contribution in [1.29, 1.82) is 0 Å². The molecule has 0 aliphatic carbocycles. The number of ether oxygens (including phenoxy) is 2. The Morgan fingerprint density at radius 1 is 1.41 bits per heavy atom. The third-order valence-electron chi connectivity index (χ3n) is 2.76. The number of thioether (sulfide) groups is 1. The van der Waals surface area contributed by atoms with Crippen LogP contribution < -0.4 is 10.5 Å². The lowest BCUT2D eigenvalue weighted by atomic mass is 10.2. The van der Waals surface area contributed by atoms with E-state index in [1.165, 1.54) is 0 Å². The SMILES string of the molecule is CCOc1ccc(N)c(SC2CCOCC2)c1. The number of nitrogens with two attached hydrogens (primary N) is 1. The predicted molar refractivity (Wildman–Crippen MR) is 71.7 cm³/mol. The maximum absolute atomic E-state index is 6.00. The van der Waals surface area contributed by atoms with Crippen LogP contribution in [0.1, 0.15) is 19.8 Å². The topological polar surface area (TPSA) is 44.5 Å². The molecule has 1 heterocycles. The van der Waals surface area contributed by atoms with E-state index in [1.807, 2.05) is 36.9 Å². The molecule has 1 aromatic rings. The van der Waals surface area contributed by atoms with Crippen molar-refractivity contribution in [3.63, 3.8) is 0 Å². The minimum Gasteiger partial charge on any atom is -0.494 e. The molecule has 1 aliphatic heterocycles. The Hall–Kier alpha value is -0.870. The maximum atomic E-state index is 6.00. The second-order valence-electron chi connectivity index (χ2n) is 4.06. The first-order chi connectivity index (χ1) is 8.29. The zero-order chi connectivity index (χ0) is 12.1. The summed E-state index contributed by atoms with van der Waals surface area (Å²) in [5.41, 5.74) is 6.83. The fourth-order valence-electron chi connectivity index (χ4n) is 1.85. The smallest absolute Gasteiger partial charge is 0.120 e. The molecule has 0 radical (unpaired) electrons. The fraction of sp³-hybridized carbons (Fsp3) is 0.538. The van der Waals surface area contributed by atoms with Gasteiger partial charge in [-0.1, -0.05) is 0 Å². The normalized spacial score (nSPS) is 17.0. The second kappa shape index (κ2) is 6.17. The molecule has 17 heavy (non-hydrogen) atoms. The molecule has 0 spiro atoms. The van der Waals surface area contributed by atoms with Crippen LogP contribution in [0.25, 0.3) is 0 Å². The van der Waals surface area contributed by atoms with Gasteiger partial charge in [-0.3, -0.25) is 0 Å². The van der Waals surface area contributed by atoms with Gasteiger partial charge < -0.3 is 15.2 Å². The number of anilines is 1. The largest absolute Gasteiger partial charge is 0.494 e. The van der Waals surface area contributed by atoms with Crippen LogP contribution in [0.4, 0.5) is 5.69 Å². The summed E-state index contributed by atoms with van der Waals surface area (Å²) in [6.45, 7) is 4.40. The zero-order valence-electron chi connectivity index (χ0n) is 10.1. The van der Waals surface area contributed by atoms with Crippen molar-refractivity contribution in [3.05, 3.63) is 18.2 Å². The van der Waals surface area contributed by atoms with E-state index in [4.69, 9.17) is 15.2 Å². The molecule has 1 aromatic carbocycles. The Morgan fingerprint density at radius 2 is 2.18 bits per heavy atom. The molecular formula is C13H19NO2S. The van der Waals surface area contributed by atoms with E-state index >= 15 is 0 Å². The van der Waals surface area contributed by atoms with Crippen molar-refractivity contribution in [1.82, 2.24) is 0 Å². The monoisotopic (exact) mass is 253 g/mol. The number of hydrogen-bond donors (Lipinski definition) is 1. The van der Waals surface area contributed by atoms with Gasteiger partial charge in [0.2, 0.25) is 0 Å². The van der Waals surface area contributed by atoms with Crippen molar-refractivity contribution in [2.45, 2.75) is 29.9 Å². The summed E-state index contributed by atoms with van der Waals surface area (Å²) in [5.74, 6) is 0.899. The standard InChI is InChI=1S/C13H19NO2S/c1-2-16-10-3-4-12(14)13(9-10)17-11-5-7-15-8-6-11/h3-4,9,11H,2,5-8,14H2,1H3. The highest BCUT2D eigenvalue weighted by Gasteiger charge is 2.16. The number of rotatable bonds is 4. The average molecular weight is 253 g/mol. The first-order valence-corrected chi connectivity index (χ1v) is 6.94. The van der Waals surface area contributed by atoms with Crippen LogP contribution in [0.15, 0.2) is 23.1 Å². The highest BCUT2D eigenvalue weighted by Crippen LogP contribution is 2.35. The highest BCUT2D eigenvalue weighted by atomic mass is 32.2. The lowest BCUT2D eigenvalue weighted by Crippen LogP contribution is -2.17. The summed E-state index contributed by atoms with van der Waals surface area (Å²) in [6.07, 6.45) is 2.20. The summed E-state index contributed by atoms with van der Waals surface area (Å²) >= 11 is 1.85. The van der Waals surface area contributed by atoms with Crippen LogP contribution >= 0.6 is 11.8 Å². The van der Waals surface area contributed by atoms with Crippen LogP contribution in [-0.4, -0.2) is 25.1 Å². The van der Waals surface area contributed by atoms with Gasteiger partial charge in [0.15, 0.2) is 0 Å². The van der Waals surface area contributed by atoms with Gasteiger partial charge in [0.25, 0.3) is 0 Å². The van der Waals surface area contributed by atoms with E-state index in [0.717, 1.165) is 42.4 Å². The van der Waals surface area contributed by atoms with Crippen molar-refractivity contribution < 1.29 is 9.47 Å². The Labute approximate surface area is 107 Å². The van der Waals surface area contributed by atoms with Gasteiger partial charge in [0.1, 0.15) is 5.75 Å². The molecule has 1 fully saturated rings. The van der Waals surface area contributed by atoms with Gasteiger partial charge in [0, 0.05) is 29.0 Å². The number of benzene rings is 1. The fourth-order valence-corrected chi connectivity index (χ4v) is 3.02. The molecule has 0 bridgehead atoms. The van der Waals surface area contributed by atoms with E-state index in [-0.39, 0.29) is 0 Å². The molecule has 94 valence electrons. The molecule has 0 atom stereocenters. The van der Waals surface area contributed by atoms with Crippen LogP contribution in [0.5, 0.6) is 5.75 Å². The molecule has 3 nitrogen and oxygen atoms in total. The molecule has 0 amide bonds. The molecule has 0 unspecified atom stereocenters. The average Bonchev–Trinajstić information content (AvgIpc) is 2.35. The third kappa shape index (κ3) is 3.54. The molecule has 0 saturated carbocycles. The second-order valence-corrected chi connectivity index (χ2v) is 5.40. The minimum absolute atomic E-state index is 0.614. The quantitative estimate of drug-likeness (QED) is 0.838. The van der Waals surface area contributed by atoms with E-state index in [0.29, 0.717) is 11.9 Å². The lowest BCUT2D eigenvalue weighted by Gasteiger charge is -2.22. The van der Waals surface area contributed by atoms with E-state index < -0.39 is 0 Å². The Bertz CT molecular complexity index is 364. The predicted octanol–water partition coefficient (Wildman–Crippen LogP) is 2.94. The van der Waals surface area contributed by atoms with Crippen LogP contribution in [0, 0.1) is 0 Å². The highest BCUT2D eigenvalue weighted by molar-refractivity contribution is 8.00. The van der Waals surface area contributed by atoms with Gasteiger partial charge >= 0.3 is 0 Å². The Balaban J connectivity index is 2.04. The zero-order valence-corrected chi connectivity index (χ0v) is 11.0. The number of hydrogen-bond acceptors (Lipinski definition) is 4. The summed E-state index contributed by atoms with van der Waals surface area (Å²) in [4.78, 5) is 1.13. The molecule has 1 aliphatic rings. The van der Waals surface area contributed by atoms with Crippen molar-refractivity contribution in [3.8, 4) is 5.75 Å². The molecule has 0 aromatic heterocycles. The van der Waals surface area contributed by atoms with Gasteiger partial charge in [-0.2, -0.15) is 0 Å². The Morgan fingerprint density at radius 3 is 2.88 bits per heavy atom. The molecule has 2 rings (SSSR count). The van der Waals surface area contributed by atoms with E-state index in [2.05, 4.69) is 0 Å². The van der Waals surface area contributed by atoms with Gasteiger partial charge in [0.05, 0.1) is 6.61 Å². The van der Waals surface area contributed by atoms with E-state index in [1.54, 1.807) is 0 Å².